The molecule has 0 bridgehead atoms. The van der Waals surface area contributed by atoms with Crippen molar-refractivity contribution in [1.29, 1.82) is 0 Å². The lowest BCUT2D eigenvalue weighted by Crippen LogP contribution is -2.80. The first-order chi connectivity index (χ1) is 6.92. The van der Waals surface area contributed by atoms with Crippen LogP contribution in [-0.4, -0.2) is 55.8 Å². The Morgan fingerprint density at radius 1 is 1.00 bits per heavy atom. The van der Waals surface area contributed by atoms with Gasteiger partial charge in [-0.1, -0.05) is 0 Å². The Morgan fingerprint density at radius 2 is 1.44 bits per heavy atom. The third-order valence-electron chi connectivity index (χ3n) is 3.98. The van der Waals surface area contributed by atoms with Crippen LogP contribution >= 0.6 is 0 Å². The minimum absolute atomic E-state index is 1.09. The van der Waals surface area contributed by atoms with Gasteiger partial charge in [-0.25, -0.2) is 4.39 Å². The summed E-state index contributed by atoms with van der Waals surface area (Å²) in [5.74, 6) is -2.16. The van der Waals surface area contributed by atoms with Crippen molar-refractivity contribution in [2.45, 2.75) is 56.4 Å². The van der Waals surface area contributed by atoms with E-state index >= 15 is 0 Å². The summed E-state index contributed by atoms with van der Waals surface area (Å²) in [5, 5.41) is 40.1. The topological polar surface area (TPSA) is 90.2 Å². The zero-order chi connectivity index (χ0) is 13.0. The quantitative estimate of drug-likeness (QED) is 0.486. The summed E-state index contributed by atoms with van der Waals surface area (Å²) in [6.45, 7) is 3.43. The molecule has 4 N–H and O–H groups in total. The minimum Gasteiger partial charge on any atom is -0.384 e. The summed E-state index contributed by atoms with van der Waals surface area (Å²) in [4.78, 5) is 0. The zero-order valence-corrected chi connectivity index (χ0v) is 9.86. The number of hydrogen-bond acceptors (Lipinski definition) is 5. The average Bonchev–Trinajstić information content (AvgIpc) is 2.11. The van der Waals surface area contributed by atoms with E-state index in [0.717, 1.165) is 27.7 Å². The van der Waals surface area contributed by atoms with Gasteiger partial charge in [0.05, 0.1) is 0 Å². The smallest absolute Gasteiger partial charge is 0.195 e. The molecule has 5 nitrogen and oxygen atoms in total. The van der Waals surface area contributed by atoms with Crippen LogP contribution in [0.15, 0.2) is 0 Å². The number of halogens is 1. The SMILES string of the molecule is C[C@]1(O)[C@@](C)(O)[C@](C)(O)[C@@H](CF)O[C@]1(C)O. The molecule has 6 heteroatoms. The first-order valence-corrected chi connectivity index (χ1v) is 5.05. The molecule has 0 radical (unpaired) electrons. The van der Waals surface area contributed by atoms with Crippen molar-refractivity contribution in [2.75, 3.05) is 6.67 Å². The van der Waals surface area contributed by atoms with Crippen LogP contribution in [0.5, 0.6) is 0 Å². The van der Waals surface area contributed by atoms with Gasteiger partial charge in [0.25, 0.3) is 0 Å². The van der Waals surface area contributed by atoms with Gasteiger partial charge in [0, 0.05) is 0 Å². The van der Waals surface area contributed by atoms with E-state index in [1.807, 2.05) is 0 Å². The van der Waals surface area contributed by atoms with Crippen LogP contribution in [0.2, 0.25) is 0 Å². The maximum atomic E-state index is 12.7. The fourth-order valence-corrected chi connectivity index (χ4v) is 1.95. The summed E-state index contributed by atoms with van der Waals surface area (Å²) in [6, 6.07) is 0. The van der Waals surface area contributed by atoms with Crippen LogP contribution in [0.25, 0.3) is 0 Å². The molecule has 1 saturated heterocycles. The van der Waals surface area contributed by atoms with Gasteiger partial charge in [0.2, 0.25) is 0 Å². The average molecular weight is 238 g/mol. The van der Waals surface area contributed by atoms with Crippen LogP contribution in [0.3, 0.4) is 0 Å². The van der Waals surface area contributed by atoms with Crippen LogP contribution < -0.4 is 0 Å². The summed E-state index contributed by atoms with van der Waals surface area (Å²) in [7, 11) is 0. The molecular weight excluding hydrogens is 219 g/mol. The Morgan fingerprint density at radius 3 is 1.81 bits per heavy atom. The fourth-order valence-electron chi connectivity index (χ4n) is 1.95. The van der Waals surface area contributed by atoms with Crippen molar-refractivity contribution in [3.63, 3.8) is 0 Å². The molecule has 1 rings (SSSR count). The van der Waals surface area contributed by atoms with Gasteiger partial charge in [-0.3, -0.25) is 0 Å². The molecule has 0 aromatic carbocycles. The molecular formula is C10H19FO5. The van der Waals surface area contributed by atoms with Crippen molar-refractivity contribution in [1.82, 2.24) is 0 Å². The van der Waals surface area contributed by atoms with Crippen LogP contribution in [0.1, 0.15) is 27.7 Å². The molecule has 0 aromatic rings. The standard InChI is InChI=1S/C10H19FO5/c1-7(12)6(5-11)16-10(4,15)9(3,14)8(7,2)13/h6,12-15H,5H2,1-4H3/t6-,7-,8+,9+,10+/m1/s1. The van der Waals surface area contributed by atoms with Crippen molar-refractivity contribution >= 4 is 0 Å². The molecule has 0 saturated carbocycles. The van der Waals surface area contributed by atoms with Crippen LogP contribution in [0, 0.1) is 0 Å². The monoisotopic (exact) mass is 238 g/mol. The minimum atomic E-state index is -2.16. The molecule has 5 atom stereocenters. The predicted molar refractivity (Wildman–Crippen MR) is 53.3 cm³/mol. The molecule has 1 aliphatic heterocycles. The molecule has 1 fully saturated rings. The number of hydrogen-bond donors (Lipinski definition) is 4. The van der Waals surface area contributed by atoms with E-state index in [4.69, 9.17) is 4.74 Å². The molecule has 0 unspecified atom stereocenters. The Hall–Kier alpha value is -0.270. The van der Waals surface area contributed by atoms with E-state index in [2.05, 4.69) is 0 Å². The Balaban J connectivity index is 3.30. The highest BCUT2D eigenvalue weighted by Crippen LogP contribution is 2.47. The third kappa shape index (κ3) is 1.41. The van der Waals surface area contributed by atoms with E-state index in [0.29, 0.717) is 0 Å². The zero-order valence-electron chi connectivity index (χ0n) is 9.86. The van der Waals surface area contributed by atoms with E-state index in [9.17, 15) is 24.8 Å². The van der Waals surface area contributed by atoms with Crippen molar-refractivity contribution in [3.05, 3.63) is 0 Å². The highest BCUT2D eigenvalue weighted by Gasteiger charge is 2.69. The molecule has 0 spiro atoms. The summed E-state index contributed by atoms with van der Waals surface area (Å²) < 4.78 is 17.6. The molecule has 0 aliphatic carbocycles. The number of aliphatic hydroxyl groups is 4. The highest BCUT2D eigenvalue weighted by molar-refractivity contribution is 5.16. The largest absolute Gasteiger partial charge is 0.384 e. The van der Waals surface area contributed by atoms with Gasteiger partial charge in [-0.05, 0) is 27.7 Å². The van der Waals surface area contributed by atoms with Gasteiger partial charge < -0.3 is 25.2 Å². The first kappa shape index (κ1) is 13.8. The van der Waals surface area contributed by atoms with E-state index in [1.165, 1.54) is 0 Å². The van der Waals surface area contributed by atoms with Gasteiger partial charge in [-0.15, -0.1) is 0 Å². The first-order valence-electron chi connectivity index (χ1n) is 5.05. The normalized spacial score (nSPS) is 58.7. The number of rotatable bonds is 1. The second-order valence-electron chi connectivity index (χ2n) is 5.04. The summed E-state index contributed by atoms with van der Waals surface area (Å²) in [5.41, 5.74) is -6.29. The second-order valence-corrected chi connectivity index (χ2v) is 5.04. The molecule has 16 heavy (non-hydrogen) atoms. The number of ether oxygens (including phenoxy) is 1. The number of alkyl halides is 1. The summed E-state index contributed by atoms with van der Waals surface area (Å²) >= 11 is 0. The van der Waals surface area contributed by atoms with E-state index < -0.39 is 35.4 Å². The molecule has 0 amide bonds. The van der Waals surface area contributed by atoms with E-state index in [-0.39, 0.29) is 0 Å². The van der Waals surface area contributed by atoms with Gasteiger partial charge >= 0.3 is 0 Å². The predicted octanol–water partition coefficient (Wildman–Crippen LogP) is -0.684. The lowest BCUT2D eigenvalue weighted by Gasteiger charge is -2.59. The summed E-state index contributed by atoms with van der Waals surface area (Å²) in [6.07, 6.45) is -1.42. The highest BCUT2D eigenvalue weighted by atomic mass is 19.1. The molecule has 96 valence electrons. The Labute approximate surface area is 93.5 Å². The van der Waals surface area contributed by atoms with Crippen LogP contribution in [-0.2, 0) is 4.74 Å². The van der Waals surface area contributed by atoms with Gasteiger partial charge in [0.1, 0.15) is 29.6 Å². The maximum Gasteiger partial charge on any atom is 0.195 e. The maximum absolute atomic E-state index is 12.7. The van der Waals surface area contributed by atoms with Gasteiger partial charge in [0.15, 0.2) is 5.79 Å². The van der Waals surface area contributed by atoms with Crippen molar-refractivity contribution in [2.24, 2.45) is 0 Å². The Kier molecular flexibility index (Phi) is 2.90. The van der Waals surface area contributed by atoms with Crippen molar-refractivity contribution < 1.29 is 29.6 Å². The molecule has 0 aromatic heterocycles. The fraction of sp³-hybridized carbons (Fsp3) is 1.00. The van der Waals surface area contributed by atoms with Crippen molar-refractivity contribution in [3.8, 4) is 0 Å². The van der Waals surface area contributed by atoms with Gasteiger partial charge in [-0.2, -0.15) is 0 Å². The molecule has 1 heterocycles. The third-order valence-corrected chi connectivity index (χ3v) is 3.98. The van der Waals surface area contributed by atoms with E-state index in [1.54, 1.807) is 0 Å². The lowest BCUT2D eigenvalue weighted by atomic mass is 9.65. The van der Waals surface area contributed by atoms with Crippen LogP contribution in [0.4, 0.5) is 4.39 Å². The Bertz CT molecular complexity index is 285. The second kappa shape index (κ2) is 3.36. The molecule has 1 aliphatic rings. The lowest BCUT2D eigenvalue weighted by molar-refractivity contribution is -0.422.